The van der Waals surface area contributed by atoms with Crippen LogP contribution >= 0.6 is 34.0 Å². The minimum Gasteiger partial charge on any atom is -0.368 e. The van der Waals surface area contributed by atoms with Gasteiger partial charge in [-0.15, -0.1) is 34.0 Å². The van der Waals surface area contributed by atoms with E-state index >= 15 is 0 Å². The Bertz CT molecular complexity index is 849. The van der Waals surface area contributed by atoms with Gasteiger partial charge in [-0.25, -0.2) is 0 Å². The number of rotatable bonds is 3. The fourth-order valence-corrected chi connectivity index (χ4v) is 3.08. The van der Waals surface area contributed by atoms with Crippen LogP contribution in [0.2, 0.25) is 0 Å². The van der Waals surface area contributed by atoms with Gasteiger partial charge in [-0.1, -0.05) is 18.2 Å². The lowest BCUT2D eigenvalue weighted by molar-refractivity contribution is 0.111. The third-order valence-electron chi connectivity index (χ3n) is 2.67. The molecule has 4 aromatic heterocycles. The van der Waals surface area contributed by atoms with Crippen molar-refractivity contribution in [3.8, 4) is 0 Å². The summed E-state index contributed by atoms with van der Waals surface area (Å²) in [6.07, 6.45) is 2.56. The second-order valence-electron chi connectivity index (χ2n) is 4.81. The van der Waals surface area contributed by atoms with Gasteiger partial charge in [-0.3, -0.25) is 14.4 Å². The third kappa shape index (κ3) is 10.8. The van der Waals surface area contributed by atoms with E-state index in [2.05, 4.69) is 15.0 Å². The maximum absolute atomic E-state index is 9.88. The van der Waals surface area contributed by atoms with Crippen molar-refractivity contribution in [1.82, 2.24) is 15.0 Å². The highest BCUT2D eigenvalue weighted by molar-refractivity contribution is 7.12. The zero-order chi connectivity index (χ0) is 22.2. The Hall–Kier alpha value is -3.48. The Morgan fingerprint density at radius 1 is 0.567 bits per heavy atom. The van der Waals surface area contributed by atoms with Crippen molar-refractivity contribution >= 4 is 70.7 Å². The average molecular weight is 463 g/mol. The van der Waals surface area contributed by atoms with Crippen molar-refractivity contribution < 1.29 is 14.4 Å². The summed E-state index contributed by atoms with van der Waals surface area (Å²) in [6.45, 7) is 0. The van der Waals surface area contributed by atoms with Crippen LogP contribution < -0.4 is 17.2 Å². The van der Waals surface area contributed by atoms with Crippen molar-refractivity contribution in [3.05, 3.63) is 67.2 Å². The molecule has 6 N–H and O–H groups in total. The largest absolute Gasteiger partial charge is 0.368 e. The third-order valence-corrected chi connectivity index (χ3v) is 5.06. The summed E-state index contributed by atoms with van der Waals surface area (Å²) in [5, 5.41) is 5.64. The smallest absolute Gasteiger partial charge is 0.226 e. The molecule has 0 aliphatic heterocycles. The minimum atomic E-state index is 0.0417. The molecule has 156 valence electrons. The van der Waals surface area contributed by atoms with E-state index in [0.29, 0.717) is 0 Å². The number of thiophene rings is 3. The molecule has 0 fully saturated rings. The first kappa shape index (κ1) is 24.6. The van der Waals surface area contributed by atoms with Gasteiger partial charge in [0.25, 0.3) is 0 Å². The van der Waals surface area contributed by atoms with Gasteiger partial charge in [-0.05, 0) is 34.3 Å². The highest BCUT2D eigenvalue weighted by Gasteiger charge is 1.93. The van der Waals surface area contributed by atoms with Crippen LogP contribution in [0.3, 0.4) is 0 Å². The fourth-order valence-electron chi connectivity index (χ4n) is 1.50. The molecule has 30 heavy (non-hydrogen) atoms. The number of anilines is 3. The van der Waals surface area contributed by atoms with Crippen molar-refractivity contribution in [2.24, 2.45) is 0 Å². The first-order valence-electron chi connectivity index (χ1n) is 7.97. The predicted octanol–water partition coefficient (Wildman–Crippen LogP) is 3.30. The fraction of sp³-hybridized carbons (Fsp3) is 0. The lowest BCUT2D eigenvalue weighted by Gasteiger charge is -1.93. The van der Waals surface area contributed by atoms with Crippen LogP contribution in [0.5, 0.6) is 0 Å². The van der Waals surface area contributed by atoms with Crippen LogP contribution in [0, 0.1) is 0 Å². The summed E-state index contributed by atoms with van der Waals surface area (Å²) in [7, 11) is 0. The molecule has 4 aromatic rings. The number of nitrogen functional groups attached to an aromatic ring is 3. The quantitative estimate of drug-likeness (QED) is 0.387. The summed E-state index contributed by atoms with van der Waals surface area (Å²) in [5.41, 5.74) is 15.4. The Morgan fingerprint density at radius 2 is 0.833 bits per heavy atom. The number of hydrogen-bond acceptors (Lipinski definition) is 12. The van der Waals surface area contributed by atoms with Crippen LogP contribution in [0.4, 0.5) is 17.8 Å². The zero-order valence-corrected chi connectivity index (χ0v) is 17.9. The summed E-state index contributed by atoms with van der Waals surface area (Å²) in [4.78, 5) is 42.5. The van der Waals surface area contributed by atoms with Crippen LogP contribution in [0.25, 0.3) is 0 Å². The van der Waals surface area contributed by atoms with Crippen LogP contribution in [-0.2, 0) is 0 Å². The monoisotopic (exact) mass is 462 g/mol. The average Bonchev–Trinajstić information content (AvgIpc) is 3.52. The Morgan fingerprint density at radius 3 is 0.967 bits per heavy atom. The van der Waals surface area contributed by atoms with Gasteiger partial charge in [0.05, 0.1) is 14.6 Å². The summed E-state index contributed by atoms with van der Waals surface area (Å²) >= 11 is 4.36. The maximum atomic E-state index is 9.88. The van der Waals surface area contributed by atoms with E-state index in [1.54, 1.807) is 18.2 Å². The number of nitrogens with zero attached hydrogens (tertiary/aromatic N) is 3. The number of carbonyl (C=O) groups excluding carboxylic acids is 3. The SMILES string of the molecule is Nc1nc(N)nc(N)n1.O=Cc1cccs1.O=Cc1cccs1.O=Cc1cccs1. The Kier molecular flexibility index (Phi) is 11.9. The molecule has 0 saturated carbocycles. The van der Waals surface area contributed by atoms with Gasteiger partial charge < -0.3 is 17.2 Å². The molecule has 0 atom stereocenters. The first-order chi connectivity index (χ1) is 14.5. The Balaban J connectivity index is 0.000000201. The Labute approximate surface area is 184 Å². The molecule has 0 aliphatic carbocycles. The number of aromatic nitrogens is 3. The molecular weight excluding hydrogens is 444 g/mol. The van der Waals surface area contributed by atoms with E-state index in [-0.39, 0.29) is 17.8 Å². The standard InChI is InChI=1S/3C5H4OS.C3H6N6/c3*6-4-5-2-1-3-7-5;4-1-7-2(5)9-3(6)8-1/h3*1-4H;(H6,4,5,6,7,8,9). The summed E-state index contributed by atoms with van der Waals surface area (Å²) < 4.78 is 0. The van der Waals surface area contributed by atoms with Crippen LogP contribution in [-0.4, -0.2) is 33.8 Å². The molecule has 0 amide bonds. The lowest BCUT2D eigenvalue weighted by Crippen LogP contribution is -2.05. The number of nitrogens with two attached hydrogens (primary N) is 3. The molecular formula is C18H18N6O3S3. The molecule has 4 rings (SSSR count). The molecule has 0 bridgehead atoms. The molecule has 0 saturated heterocycles. The molecule has 12 heteroatoms. The van der Waals surface area contributed by atoms with E-state index in [1.807, 2.05) is 34.3 Å². The van der Waals surface area contributed by atoms with Gasteiger partial charge in [-0.2, -0.15) is 15.0 Å². The highest BCUT2D eigenvalue weighted by Crippen LogP contribution is 2.04. The molecule has 4 heterocycles. The lowest BCUT2D eigenvalue weighted by atomic mass is 10.5. The van der Waals surface area contributed by atoms with E-state index in [1.165, 1.54) is 34.0 Å². The van der Waals surface area contributed by atoms with Gasteiger partial charge in [0, 0.05) is 0 Å². The van der Waals surface area contributed by atoms with Gasteiger partial charge >= 0.3 is 0 Å². The second kappa shape index (κ2) is 14.5. The second-order valence-corrected chi connectivity index (χ2v) is 7.75. The van der Waals surface area contributed by atoms with Gasteiger partial charge in [0.15, 0.2) is 18.9 Å². The predicted molar refractivity (Wildman–Crippen MR) is 122 cm³/mol. The van der Waals surface area contributed by atoms with Crippen molar-refractivity contribution in [3.63, 3.8) is 0 Å². The molecule has 0 spiro atoms. The summed E-state index contributed by atoms with van der Waals surface area (Å²) in [5.74, 6) is 0.125. The normalized spacial score (nSPS) is 8.80. The van der Waals surface area contributed by atoms with Crippen molar-refractivity contribution in [2.45, 2.75) is 0 Å². The molecule has 0 aliphatic rings. The van der Waals surface area contributed by atoms with E-state index in [4.69, 9.17) is 17.2 Å². The first-order valence-corrected chi connectivity index (χ1v) is 10.6. The van der Waals surface area contributed by atoms with E-state index < -0.39 is 0 Å². The number of carbonyl (C=O) groups is 3. The highest BCUT2D eigenvalue weighted by atomic mass is 32.1. The van der Waals surface area contributed by atoms with Crippen LogP contribution in [0.1, 0.15) is 29.0 Å². The molecule has 9 nitrogen and oxygen atoms in total. The molecule has 0 unspecified atom stereocenters. The molecule has 0 radical (unpaired) electrons. The minimum absolute atomic E-state index is 0.0417. The summed E-state index contributed by atoms with van der Waals surface area (Å²) in [6, 6.07) is 10.9. The van der Waals surface area contributed by atoms with Gasteiger partial charge in [0.1, 0.15) is 0 Å². The van der Waals surface area contributed by atoms with Crippen molar-refractivity contribution in [1.29, 1.82) is 0 Å². The number of aldehydes is 3. The number of hydrogen-bond donors (Lipinski definition) is 3. The van der Waals surface area contributed by atoms with E-state index in [9.17, 15) is 14.4 Å². The van der Waals surface area contributed by atoms with E-state index in [0.717, 1.165) is 33.5 Å². The van der Waals surface area contributed by atoms with Crippen LogP contribution in [0.15, 0.2) is 52.5 Å². The zero-order valence-electron chi connectivity index (χ0n) is 15.5. The maximum Gasteiger partial charge on any atom is 0.226 e. The molecule has 0 aromatic carbocycles. The topological polar surface area (TPSA) is 168 Å². The van der Waals surface area contributed by atoms with Crippen molar-refractivity contribution in [2.75, 3.05) is 17.2 Å². The van der Waals surface area contributed by atoms with Gasteiger partial charge in [0.2, 0.25) is 17.8 Å².